The lowest BCUT2D eigenvalue weighted by atomic mass is 10.2. The van der Waals surface area contributed by atoms with Crippen LogP contribution >= 0.6 is 0 Å². The van der Waals surface area contributed by atoms with Crippen LogP contribution in [0, 0.1) is 0 Å². The fourth-order valence-corrected chi connectivity index (χ4v) is 4.08. The van der Waals surface area contributed by atoms with E-state index in [0.29, 0.717) is 35.0 Å². The van der Waals surface area contributed by atoms with Crippen LogP contribution in [0.2, 0.25) is 0 Å². The van der Waals surface area contributed by atoms with Gasteiger partial charge in [-0.05, 0) is 26.0 Å². The van der Waals surface area contributed by atoms with Gasteiger partial charge in [-0.1, -0.05) is 0 Å². The molecule has 0 atom stereocenters. The lowest BCUT2D eigenvalue weighted by Crippen LogP contribution is -3.10. The van der Waals surface area contributed by atoms with Crippen molar-refractivity contribution in [3.63, 3.8) is 0 Å². The first-order chi connectivity index (χ1) is 17.2. The number of imidazole rings is 1. The SMILES string of the molecule is CC[NH+](CC)Cc1nc2c(c(=O)n(CCOC(=O)c3cc(OC)c(OC)c(OC)c3)c(=O)n2C)n1C. The minimum Gasteiger partial charge on any atom is -0.493 e. The van der Waals surface area contributed by atoms with E-state index in [9.17, 15) is 14.4 Å². The molecule has 0 spiro atoms. The van der Waals surface area contributed by atoms with Gasteiger partial charge in [0, 0.05) is 14.1 Å². The van der Waals surface area contributed by atoms with Crippen LogP contribution in [0.4, 0.5) is 0 Å². The van der Waals surface area contributed by atoms with Crippen LogP contribution in [0.3, 0.4) is 0 Å². The average molecular weight is 505 g/mol. The molecular formula is C24H34N5O7+. The number of hydrogen-bond donors (Lipinski definition) is 1. The number of nitrogens with zero attached hydrogens (tertiary/aromatic N) is 4. The molecule has 0 bridgehead atoms. The van der Waals surface area contributed by atoms with Gasteiger partial charge in [0.05, 0.1) is 46.5 Å². The first-order valence-corrected chi connectivity index (χ1v) is 11.7. The maximum atomic E-state index is 13.2. The Balaban J connectivity index is 1.86. The molecule has 1 aromatic carbocycles. The van der Waals surface area contributed by atoms with Gasteiger partial charge in [0.15, 0.2) is 28.5 Å². The van der Waals surface area contributed by atoms with E-state index in [-0.39, 0.29) is 18.7 Å². The molecule has 12 heteroatoms. The molecule has 12 nitrogen and oxygen atoms in total. The van der Waals surface area contributed by atoms with E-state index in [1.807, 2.05) is 0 Å². The van der Waals surface area contributed by atoms with Crippen molar-refractivity contribution in [3.05, 3.63) is 44.4 Å². The molecule has 0 fully saturated rings. The van der Waals surface area contributed by atoms with Crippen LogP contribution < -0.4 is 30.4 Å². The molecule has 0 saturated heterocycles. The maximum Gasteiger partial charge on any atom is 0.338 e. The van der Waals surface area contributed by atoms with E-state index >= 15 is 0 Å². The zero-order chi connectivity index (χ0) is 26.6. The summed E-state index contributed by atoms with van der Waals surface area (Å²) in [6.45, 7) is 6.34. The summed E-state index contributed by atoms with van der Waals surface area (Å²) in [7, 11) is 7.69. The Hall–Kier alpha value is -3.80. The van der Waals surface area contributed by atoms with Gasteiger partial charge in [-0.15, -0.1) is 0 Å². The van der Waals surface area contributed by atoms with E-state index in [1.54, 1.807) is 18.7 Å². The smallest absolute Gasteiger partial charge is 0.338 e. The second kappa shape index (κ2) is 11.3. The number of fused-ring (bicyclic) bond motifs is 1. The summed E-state index contributed by atoms with van der Waals surface area (Å²) in [6, 6.07) is 2.94. The van der Waals surface area contributed by atoms with E-state index in [1.165, 1.54) is 42.9 Å². The highest BCUT2D eigenvalue weighted by atomic mass is 16.5. The molecule has 2 aromatic heterocycles. The van der Waals surface area contributed by atoms with Crippen LogP contribution in [0.15, 0.2) is 21.7 Å². The third-order valence-corrected chi connectivity index (χ3v) is 6.31. The minimum atomic E-state index is -0.662. The van der Waals surface area contributed by atoms with Crippen molar-refractivity contribution < 1.29 is 28.6 Å². The average Bonchev–Trinajstić information content (AvgIpc) is 3.22. The standard InChI is InChI=1S/C24H33N5O7/c1-8-28(9-2)14-18-25-21-19(26(18)3)22(30)29(24(32)27(21)4)10-11-36-23(31)15-12-16(33-5)20(35-7)17(13-15)34-6/h12-13H,8-11,14H2,1-7H3/p+1. The molecule has 0 aliphatic carbocycles. The molecule has 0 amide bonds. The van der Waals surface area contributed by atoms with Gasteiger partial charge in [-0.25, -0.2) is 14.6 Å². The Labute approximate surface area is 208 Å². The first-order valence-electron chi connectivity index (χ1n) is 11.7. The number of aryl methyl sites for hydroxylation is 2. The number of aromatic nitrogens is 4. The number of carbonyl (C=O) groups is 1. The van der Waals surface area contributed by atoms with Gasteiger partial charge in [-0.2, -0.15) is 0 Å². The van der Waals surface area contributed by atoms with E-state index < -0.39 is 17.2 Å². The van der Waals surface area contributed by atoms with Crippen LogP contribution in [0.1, 0.15) is 30.0 Å². The summed E-state index contributed by atoms with van der Waals surface area (Å²) in [6.07, 6.45) is 0. The summed E-state index contributed by atoms with van der Waals surface area (Å²) in [4.78, 5) is 44.7. The number of esters is 1. The summed E-state index contributed by atoms with van der Waals surface area (Å²) in [5.74, 6) is 1.02. The minimum absolute atomic E-state index is 0.112. The number of quaternary nitrogens is 1. The van der Waals surface area contributed by atoms with Gasteiger partial charge in [-0.3, -0.25) is 13.9 Å². The number of carbonyl (C=O) groups excluding carboxylic acids is 1. The summed E-state index contributed by atoms with van der Waals surface area (Å²) in [5, 5.41) is 0. The third-order valence-electron chi connectivity index (χ3n) is 6.31. The number of nitrogens with one attached hydrogen (secondary N) is 1. The van der Waals surface area contributed by atoms with Crippen molar-refractivity contribution in [1.82, 2.24) is 18.7 Å². The van der Waals surface area contributed by atoms with Crippen molar-refractivity contribution in [2.24, 2.45) is 14.1 Å². The number of ether oxygens (including phenoxy) is 4. The van der Waals surface area contributed by atoms with E-state index in [2.05, 4.69) is 18.8 Å². The Morgan fingerprint density at radius 1 is 0.972 bits per heavy atom. The van der Waals surface area contributed by atoms with Crippen LogP contribution in [0.25, 0.3) is 11.2 Å². The number of rotatable bonds is 11. The molecule has 0 saturated carbocycles. The number of hydrogen-bond acceptors (Lipinski definition) is 8. The number of methoxy groups -OCH3 is 3. The fraction of sp³-hybridized carbons (Fsp3) is 0.500. The van der Waals surface area contributed by atoms with Crippen LogP contribution in [0.5, 0.6) is 17.2 Å². The Morgan fingerprint density at radius 2 is 1.58 bits per heavy atom. The molecule has 196 valence electrons. The molecule has 3 aromatic rings. The Kier molecular flexibility index (Phi) is 8.41. The Bertz CT molecular complexity index is 1340. The highest BCUT2D eigenvalue weighted by Crippen LogP contribution is 2.38. The monoisotopic (exact) mass is 504 g/mol. The van der Waals surface area contributed by atoms with Crippen molar-refractivity contribution >= 4 is 17.1 Å². The van der Waals surface area contributed by atoms with E-state index in [0.717, 1.165) is 23.5 Å². The molecular weight excluding hydrogens is 470 g/mol. The molecule has 0 unspecified atom stereocenters. The predicted molar refractivity (Wildman–Crippen MR) is 132 cm³/mol. The van der Waals surface area contributed by atoms with Gasteiger partial charge >= 0.3 is 11.7 Å². The maximum absolute atomic E-state index is 13.2. The summed E-state index contributed by atoms with van der Waals surface area (Å²) < 4.78 is 25.3. The highest BCUT2D eigenvalue weighted by Gasteiger charge is 2.21. The predicted octanol–water partition coefficient (Wildman–Crippen LogP) is -0.259. The molecule has 0 aliphatic heterocycles. The quantitative estimate of drug-likeness (QED) is 0.355. The molecule has 0 radical (unpaired) electrons. The second-order valence-electron chi connectivity index (χ2n) is 8.24. The molecule has 3 rings (SSSR count). The van der Waals surface area contributed by atoms with Crippen LogP contribution in [-0.4, -0.2) is 65.7 Å². The third kappa shape index (κ3) is 4.94. The normalized spacial score (nSPS) is 11.2. The second-order valence-corrected chi connectivity index (χ2v) is 8.24. The van der Waals surface area contributed by atoms with Crippen molar-refractivity contribution in [2.75, 3.05) is 41.0 Å². The largest absolute Gasteiger partial charge is 0.493 e. The fourth-order valence-electron chi connectivity index (χ4n) is 4.08. The van der Waals surface area contributed by atoms with Crippen molar-refractivity contribution in [1.29, 1.82) is 0 Å². The Morgan fingerprint density at radius 3 is 2.11 bits per heavy atom. The first kappa shape index (κ1) is 26.8. The van der Waals surface area contributed by atoms with Gasteiger partial charge in [0.2, 0.25) is 5.75 Å². The van der Waals surface area contributed by atoms with Gasteiger partial charge in [0.1, 0.15) is 13.2 Å². The van der Waals surface area contributed by atoms with Gasteiger partial charge in [0.25, 0.3) is 5.56 Å². The lowest BCUT2D eigenvalue weighted by Gasteiger charge is -2.14. The zero-order valence-corrected chi connectivity index (χ0v) is 21.8. The van der Waals surface area contributed by atoms with Crippen LogP contribution in [-0.2, 0) is 31.9 Å². The topological polar surface area (TPSA) is 120 Å². The summed E-state index contributed by atoms with van der Waals surface area (Å²) in [5.41, 5.74) is -0.173. The van der Waals surface area contributed by atoms with Gasteiger partial charge < -0.3 is 28.4 Å². The van der Waals surface area contributed by atoms with Crippen molar-refractivity contribution in [3.8, 4) is 17.2 Å². The molecule has 0 aliphatic rings. The van der Waals surface area contributed by atoms with E-state index in [4.69, 9.17) is 18.9 Å². The highest BCUT2D eigenvalue weighted by molar-refractivity contribution is 5.91. The molecule has 1 N–H and O–H groups in total. The molecule has 36 heavy (non-hydrogen) atoms. The molecule has 2 heterocycles. The summed E-state index contributed by atoms with van der Waals surface area (Å²) >= 11 is 0. The number of benzene rings is 1. The van der Waals surface area contributed by atoms with Crippen molar-refractivity contribution in [2.45, 2.75) is 26.9 Å². The zero-order valence-electron chi connectivity index (χ0n) is 21.8. The lowest BCUT2D eigenvalue weighted by molar-refractivity contribution is -0.911.